The number of carbonyl (C=O) groups is 2. The van der Waals surface area contributed by atoms with Crippen LogP contribution in [0.4, 0.5) is 0 Å². The van der Waals surface area contributed by atoms with Crippen molar-refractivity contribution in [3.05, 3.63) is 130 Å². The molecule has 0 saturated heterocycles. The first-order valence-corrected chi connectivity index (χ1v) is 20.2. The zero-order valence-corrected chi connectivity index (χ0v) is 35.1. The van der Waals surface area contributed by atoms with Crippen molar-refractivity contribution < 1.29 is 29.3 Å². The van der Waals surface area contributed by atoms with Crippen molar-refractivity contribution in [2.24, 2.45) is 0 Å². The van der Waals surface area contributed by atoms with Crippen molar-refractivity contribution in [1.29, 1.82) is 0 Å². The van der Waals surface area contributed by atoms with Crippen molar-refractivity contribution >= 4 is 11.9 Å². The number of nitrogens with zero attached hydrogens (tertiary/aromatic N) is 2. The minimum atomic E-state index is -2.19. The third-order valence-corrected chi connectivity index (χ3v) is 10.7. The van der Waals surface area contributed by atoms with Crippen LogP contribution in [0.25, 0.3) is 0 Å². The van der Waals surface area contributed by atoms with E-state index in [2.05, 4.69) is 89.5 Å². The van der Waals surface area contributed by atoms with E-state index in [9.17, 15) is 19.8 Å². The normalized spacial score (nSPS) is 14.1. The second-order valence-corrected chi connectivity index (χ2v) is 16.2. The van der Waals surface area contributed by atoms with Gasteiger partial charge in [-0.2, -0.15) is 0 Å². The maximum atomic E-state index is 13.6. The smallest absolute Gasteiger partial charge is 0.343 e. The van der Waals surface area contributed by atoms with E-state index in [1.54, 1.807) is 12.1 Å². The largest absolute Gasteiger partial charge is 0.424 e. The second kappa shape index (κ2) is 20.7. The lowest BCUT2D eigenvalue weighted by Crippen LogP contribution is -2.44. The molecule has 0 saturated carbocycles. The van der Waals surface area contributed by atoms with Crippen LogP contribution >= 0.6 is 0 Å². The van der Waals surface area contributed by atoms with Crippen molar-refractivity contribution in [2.45, 2.75) is 130 Å². The first-order chi connectivity index (χ1) is 26.6. The summed E-state index contributed by atoms with van der Waals surface area (Å²) in [5.41, 5.74) is 5.67. The van der Waals surface area contributed by atoms with Crippen LogP contribution in [0.15, 0.2) is 97.1 Å². The van der Waals surface area contributed by atoms with Gasteiger partial charge in [0.25, 0.3) is 0 Å². The van der Waals surface area contributed by atoms with Gasteiger partial charge in [-0.15, -0.1) is 0 Å². The number of aryl methyl sites for hydroxylation is 2. The molecule has 302 valence electrons. The van der Waals surface area contributed by atoms with Gasteiger partial charge in [-0.3, -0.25) is 9.80 Å². The molecule has 4 atom stereocenters. The molecule has 4 aromatic carbocycles. The fraction of sp³-hybridized carbons (Fsp3) is 0.458. The number of esters is 2. The van der Waals surface area contributed by atoms with Gasteiger partial charge < -0.3 is 19.7 Å². The average molecular weight is 765 g/mol. The molecule has 0 fully saturated rings. The van der Waals surface area contributed by atoms with Crippen molar-refractivity contribution in [3.63, 3.8) is 0 Å². The second-order valence-electron chi connectivity index (χ2n) is 16.2. The Morgan fingerprint density at radius 1 is 0.518 bits per heavy atom. The number of aliphatic hydroxyl groups is 2. The fourth-order valence-electron chi connectivity index (χ4n) is 7.82. The summed E-state index contributed by atoms with van der Waals surface area (Å²) in [4.78, 5) is 32.0. The molecular weight excluding hydrogens is 701 g/mol. The summed E-state index contributed by atoms with van der Waals surface area (Å²) in [6.45, 7) is 23.1. The topological polar surface area (TPSA) is 99.5 Å². The third-order valence-electron chi connectivity index (χ3n) is 10.7. The Kier molecular flexibility index (Phi) is 16.4. The van der Waals surface area contributed by atoms with Crippen LogP contribution in [0, 0.1) is 13.8 Å². The Morgan fingerprint density at radius 2 is 0.839 bits per heavy atom. The molecular formula is C48H64N2O6. The van der Waals surface area contributed by atoms with Crippen LogP contribution in [-0.2, 0) is 9.59 Å². The SMILES string of the molecule is Cc1ccc(OC(=O)[C@H](O)[C@@H](O)C(=O)Oc2ccc(C)cc2[C@H](CCN(C(C)C)C(C)C)c2ccccc2)c([C@H](CCN(C(C)C)C(C)C)c2ccccc2)c1. The molecule has 4 aromatic rings. The number of hydrogen-bond donors (Lipinski definition) is 2. The molecule has 0 amide bonds. The average Bonchev–Trinajstić information content (AvgIpc) is 3.16. The summed E-state index contributed by atoms with van der Waals surface area (Å²) in [5.74, 6) is -2.03. The van der Waals surface area contributed by atoms with E-state index < -0.39 is 24.1 Å². The van der Waals surface area contributed by atoms with E-state index >= 15 is 0 Å². The minimum absolute atomic E-state index is 0.128. The summed E-state index contributed by atoms with van der Waals surface area (Å²) in [6, 6.07) is 32.6. The highest BCUT2D eigenvalue weighted by Gasteiger charge is 2.35. The van der Waals surface area contributed by atoms with Gasteiger partial charge in [0, 0.05) is 47.1 Å². The Hall–Kier alpha value is -4.34. The molecule has 0 unspecified atom stereocenters. The molecule has 2 N–H and O–H groups in total. The molecule has 8 nitrogen and oxygen atoms in total. The number of hydrogen-bond acceptors (Lipinski definition) is 8. The van der Waals surface area contributed by atoms with Gasteiger partial charge in [0.2, 0.25) is 0 Å². The van der Waals surface area contributed by atoms with Crippen LogP contribution < -0.4 is 9.47 Å². The third kappa shape index (κ3) is 11.8. The Morgan fingerprint density at radius 3 is 1.14 bits per heavy atom. The molecule has 0 spiro atoms. The van der Waals surface area contributed by atoms with Gasteiger partial charge in [-0.1, -0.05) is 96.1 Å². The number of rotatable bonds is 19. The molecule has 0 bridgehead atoms. The van der Waals surface area contributed by atoms with Crippen LogP contribution in [0.1, 0.15) is 113 Å². The van der Waals surface area contributed by atoms with Gasteiger partial charge in [0.05, 0.1) is 0 Å². The van der Waals surface area contributed by atoms with Gasteiger partial charge in [0.1, 0.15) is 11.5 Å². The molecule has 0 aliphatic rings. The summed E-state index contributed by atoms with van der Waals surface area (Å²) >= 11 is 0. The van der Waals surface area contributed by atoms with Crippen molar-refractivity contribution in [1.82, 2.24) is 9.80 Å². The number of ether oxygens (including phenoxy) is 2. The molecule has 0 aromatic heterocycles. The standard InChI is InChI=1S/C48H64N2O6/c1-31(2)49(32(3)4)27-25-39(37-17-13-11-14-18-37)41-29-35(9)21-23-43(41)55-47(53)45(51)46(52)48(54)56-44-24-22-36(10)30-42(44)40(38-19-15-12-16-20-38)26-28-50(33(5)6)34(7)8/h11-24,29-34,39-40,45-46,51-52H,25-28H2,1-10H3/t39-,40-,45-,46-/m1/s1. The maximum Gasteiger partial charge on any atom is 0.343 e. The lowest BCUT2D eigenvalue weighted by molar-refractivity contribution is -0.162. The lowest BCUT2D eigenvalue weighted by Gasteiger charge is -2.32. The van der Waals surface area contributed by atoms with E-state index in [1.807, 2.05) is 74.5 Å². The van der Waals surface area contributed by atoms with Gasteiger partial charge in [-0.05, 0) is 118 Å². The van der Waals surface area contributed by atoms with Crippen LogP contribution in [0.2, 0.25) is 0 Å². The maximum absolute atomic E-state index is 13.6. The Balaban J connectivity index is 1.58. The zero-order valence-electron chi connectivity index (χ0n) is 35.1. The molecule has 56 heavy (non-hydrogen) atoms. The monoisotopic (exact) mass is 764 g/mol. The number of carbonyl (C=O) groups excluding carboxylic acids is 2. The number of benzene rings is 4. The quantitative estimate of drug-likeness (QED) is 0.0723. The van der Waals surface area contributed by atoms with Gasteiger partial charge >= 0.3 is 11.9 Å². The molecule has 0 radical (unpaired) electrons. The van der Waals surface area contributed by atoms with E-state index in [4.69, 9.17) is 9.47 Å². The molecule has 4 rings (SSSR count). The lowest BCUT2D eigenvalue weighted by atomic mass is 9.86. The summed E-state index contributed by atoms with van der Waals surface area (Å²) in [7, 11) is 0. The molecule has 0 heterocycles. The highest BCUT2D eigenvalue weighted by molar-refractivity contribution is 5.87. The summed E-state index contributed by atoms with van der Waals surface area (Å²) in [6.07, 6.45) is -2.87. The summed E-state index contributed by atoms with van der Waals surface area (Å²) < 4.78 is 11.7. The van der Waals surface area contributed by atoms with Gasteiger partial charge in [0.15, 0.2) is 12.2 Å². The summed E-state index contributed by atoms with van der Waals surface area (Å²) in [5, 5.41) is 22.2. The molecule has 0 aliphatic heterocycles. The first-order valence-electron chi connectivity index (χ1n) is 20.2. The van der Waals surface area contributed by atoms with Crippen LogP contribution in [0.5, 0.6) is 11.5 Å². The van der Waals surface area contributed by atoms with E-state index in [1.165, 1.54) is 0 Å². The predicted octanol–water partition coefficient (Wildman–Crippen LogP) is 8.82. The van der Waals surface area contributed by atoms with Crippen LogP contribution in [-0.4, -0.2) is 81.4 Å². The van der Waals surface area contributed by atoms with Crippen molar-refractivity contribution in [3.8, 4) is 11.5 Å². The molecule has 0 aliphatic carbocycles. The zero-order chi connectivity index (χ0) is 41.1. The minimum Gasteiger partial charge on any atom is -0.424 e. The highest BCUT2D eigenvalue weighted by atomic mass is 16.6. The highest BCUT2D eigenvalue weighted by Crippen LogP contribution is 2.38. The van der Waals surface area contributed by atoms with Crippen molar-refractivity contribution in [2.75, 3.05) is 13.1 Å². The van der Waals surface area contributed by atoms with Crippen LogP contribution in [0.3, 0.4) is 0 Å². The van der Waals surface area contributed by atoms with Gasteiger partial charge in [-0.25, -0.2) is 9.59 Å². The molecule has 8 heteroatoms. The van der Waals surface area contributed by atoms with E-state index in [0.29, 0.717) is 24.2 Å². The number of aliphatic hydroxyl groups excluding tert-OH is 2. The van der Waals surface area contributed by atoms with E-state index in [0.717, 1.165) is 59.3 Å². The fourth-order valence-corrected chi connectivity index (χ4v) is 7.82. The van der Waals surface area contributed by atoms with E-state index in [-0.39, 0.29) is 23.3 Å². The Labute approximate surface area is 335 Å². The Bertz CT molecular complexity index is 1690. The first kappa shape index (κ1) is 44.4. The predicted molar refractivity (Wildman–Crippen MR) is 225 cm³/mol.